The monoisotopic (exact) mass is 468 g/mol. The second-order valence-corrected chi connectivity index (χ2v) is 9.69. The first kappa shape index (κ1) is 23.4. The van der Waals surface area contributed by atoms with Gasteiger partial charge in [0.05, 0.1) is 19.2 Å². The number of anilines is 2. The molecule has 0 saturated carbocycles. The van der Waals surface area contributed by atoms with E-state index in [9.17, 15) is 9.59 Å². The number of ether oxygens (including phenoxy) is 1. The van der Waals surface area contributed by atoms with Crippen molar-refractivity contribution in [2.45, 2.75) is 6.54 Å². The molecule has 0 bridgehead atoms. The quantitative estimate of drug-likeness (QED) is 0.627. The molecular formula is C25H32N4O3S. The Kier molecular flexibility index (Phi) is 7.77. The molecule has 2 aromatic rings. The molecule has 2 aromatic carbocycles. The van der Waals surface area contributed by atoms with Gasteiger partial charge in [-0.2, -0.15) is 11.8 Å². The van der Waals surface area contributed by atoms with E-state index in [1.807, 2.05) is 45.8 Å². The maximum Gasteiger partial charge on any atom is 0.337 e. The molecule has 0 atom stereocenters. The van der Waals surface area contributed by atoms with Gasteiger partial charge in [0, 0.05) is 62.1 Å². The third-order valence-electron chi connectivity index (χ3n) is 6.24. The van der Waals surface area contributed by atoms with Gasteiger partial charge in [-0.25, -0.2) is 9.59 Å². The standard InChI is InChI=1S/C25H32N4O3S/c1-26-10-12-27(13-11-26)22-4-3-5-23(18-22)29(25(31)28-14-16-33-17-15-28)19-20-6-8-21(9-7-20)24(30)32-2/h3-9,18H,10-17,19H2,1-2H3. The van der Waals surface area contributed by atoms with Gasteiger partial charge < -0.3 is 19.4 Å². The van der Waals surface area contributed by atoms with E-state index in [0.29, 0.717) is 12.1 Å². The molecule has 0 aromatic heterocycles. The molecular weight excluding hydrogens is 436 g/mol. The second kappa shape index (κ2) is 10.9. The van der Waals surface area contributed by atoms with Gasteiger partial charge in [0.15, 0.2) is 0 Å². The number of carbonyl (C=O) groups excluding carboxylic acids is 2. The number of hydrogen-bond acceptors (Lipinski definition) is 6. The van der Waals surface area contributed by atoms with Crippen LogP contribution < -0.4 is 9.80 Å². The van der Waals surface area contributed by atoms with E-state index in [0.717, 1.165) is 67.7 Å². The molecule has 2 saturated heterocycles. The zero-order chi connectivity index (χ0) is 23.2. The first-order valence-electron chi connectivity index (χ1n) is 11.4. The Balaban J connectivity index is 1.59. The molecule has 2 amide bonds. The lowest BCUT2D eigenvalue weighted by Crippen LogP contribution is -2.47. The smallest absolute Gasteiger partial charge is 0.337 e. The van der Waals surface area contributed by atoms with Crippen LogP contribution >= 0.6 is 11.8 Å². The van der Waals surface area contributed by atoms with Crippen LogP contribution in [0.25, 0.3) is 0 Å². The van der Waals surface area contributed by atoms with Gasteiger partial charge in [-0.1, -0.05) is 18.2 Å². The Morgan fingerprint density at radius 2 is 1.67 bits per heavy atom. The fourth-order valence-electron chi connectivity index (χ4n) is 4.16. The summed E-state index contributed by atoms with van der Waals surface area (Å²) in [7, 11) is 3.53. The van der Waals surface area contributed by atoms with Gasteiger partial charge >= 0.3 is 12.0 Å². The highest BCUT2D eigenvalue weighted by atomic mass is 32.2. The predicted molar refractivity (Wildman–Crippen MR) is 134 cm³/mol. The van der Waals surface area contributed by atoms with Crippen LogP contribution in [0, 0.1) is 0 Å². The highest BCUT2D eigenvalue weighted by Crippen LogP contribution is 2.27. The van der Waals surface area contributed by atoms with Gasteiger partial charge in [-0.15, -0.1) is 0 Å². The fraction of sp³-hybridized carbons (Fsp3) is 0.440. The number of methoxy groups -OCH3 is 1. The molecule has 2 aliphatic rings. The number of nitrogens with zero attached hydrogens (tertiary/aromatic N) is 4. The number of rotatable bonds is 5. The Morgan fingerprint density at radius 1 is 0.970 bits per heavy atom. The summed E-state index contributed by atoms with van der Waals surface area (Å²) in [4.78, 5) is 33.9. The van der Waals surface area contributed by atoms with Crippen molar-refractivity contribution in [1.82, 2.24) is 9.80 Å². The fourth-order valence-corrected chi connectivity index (χ4v) is 5.07. The zero-order valence-corrected chi connectivity index (χ0v) is 20.2. The number of carbonyl (C=O) groups is 2. The number of thioether (sulfide) groups is 1. The predicted octanol–water partition coefficient (Wildman–Crippen LogP) is 3.40. The summed E-state index contributed by atoms with van der Waals surface area (Å²) in [6, 6.07) is 15.6. The minimum atomic E-state index is -0.361. The zero-order valence-electron chi connectivity index (χ0n) is 19.4. The highest BCUT2D eigenvalue weighted by Gasteiger charge is 2.25. The number of amides is 2. The number of hydrogen-bond donors (Lipinski definition) is 0. The molecule has 33 heavy (non-hydrogen) atoms. The van der Waals surface area contributed by atoms with Gasteiger partial charge in [0.1, 0.15) is 0 Å². The van der Waals surface area contributed by atoms with Crippen molar-refractivity contribution < 1.29 is 14.3 Å². The van der Waals surface area contributed by atoms with Crippen LogP contribution in [0.15, 0.2) is 48.5 Å². The molecule has 2 fully saturated rings. The van der Waals surface area contributed by atoms with E-state index in [-0.39, 0.29) is 12.0 Å². The van der Waals surface area contributed by atoms with E-state index in [2.05, 4.69) is 29.0 Å². The number of piperazine rings is 1. The Bertz CT molecular complexity index is 954. The van der Waals surface area contributed by atoms with Crippen LogP contribution in [0.2, 0.25) is 0 Å². The van der Waals surface area contributed by atoms with Crippen molar-refractivity contribution in [2.24, 2.45) is 0 Å². The van der Waals surface area contributed by atoms with E-state index in [4.69, 9.17) is 4.74 Å². The van der Waals surface area contributed by atoms with E-state index in [1.165, 1.54) is 7.11 Å². The van der Waals surface area contributed by atoms with Crippen LogP contribution in [0.4, 0.5) is 16.2 Å². The molecule has 0 radical (unpaired) electrons. The Labute approximate surface area is 200 Å². The average Bonchev–Trinajstić information content (AvgIpc) is 2.88. The van der Waals surface area contributed by atoms with Gasteiger partial charge in [-0.3, -0.25) is 4.90 Å². The van der Waals surface area contributed by atoms with E-state index >= 15 is 0 Å². The molecule has 4 rings (SSSR count). The largest absolute Gasteiger partial charge is 0.465 e. The van der Waals surface area contributed by atoms with Crippen LogP contribution in [-0.4, -0.2) is 86.7 Å². The summed E-state index contributed by atoms with van der Waals surface area (Å²) < 4.78 is 4.80. The first-order valence-corrected chi connectivity index (χ1v) is 12.6. The molecule has 2 aliphatic heterocycles. The third-order valence-corrected chi connectivity index (χ3v) is 7.18. The third kappa shape index (κ3) is 5.81. The van der Waals surface area contributed by atoms with E-state index in [1.54, 1.807) is 12.1 Å². The number of likely N-dealkylation sites (N-methyl/N-ethyl adjacent to an activating group) is 1. The van der Waals surface area contributed by atoms with Crippen molar-refractivity contribution >= 4 is 35.1 Å². The second-order valence-electron chi connectivity index (χ2n) is 8.47. The number of urea groups is 1. The van der Waals surface area contributed by atoms with Crippen LogP contribution in [0.5, 0.6) is 0 Å². The summed E-state index contributed by atoms with van der Waals surface area (Å²) in [5, 5.41) is 0. The van der Waals surface area contributed by atoms with E-state index < -0.39 is 0 Å². The first-order chi connectivity index (χ1) is 16.0. The summed E-state index contributed by atoms with van der Waals surface area (Å²) in [6.07, 6.45) is 0. The van der Waals surface area contributed by atoms with Crippen molar-refractivity contribution in [2.75, 3.05) is 74.7 Å². The number of benzene rings is 2. The molecule has 176 valence electrons. The van der Waals surface area contributed by atoms with Crippen LogP contribution in [0.3, 0.4) is 0 Å². The minimum Gasteiger partial charge on any atom is -0.465 e. The van der Waals surface area contributed by atoms with Crippen LogP contribution in [-0.2, 0) is 11.3 Å². The molecule has 8 heteroatoms. The molecule has 0 unspecified atom stereocenters. The van der Waals surface area contributed by atoms with Gasteiger partial charge in [-0.05, 0) is 42.9 Å². The molecule has 0 spiro atoms. The normalized spacial score (nSPS) is 17.0. The van der Waals surface area contributed by atoms with Gasteiger partial charge in [0.25, 0.3) is 0 Å². The summed E-state index contributed by atoms with van der Waals surface area (Å²) in [5.41, 5.74) is 3.51. The lowest BCUT2D eigenvalue weighted by Gasteiger charge is -2.36. The van der Waals surface area contributed by atoms with Crippen LogP contribution in [0.1, 0.15) is 15.9 Å². The molecule has 0 aliphatic carbocycles. The summed E-state index contributed by atoms with van der Waals surface area (Å²) in [5.74, 6) is 1.57. The maximum absolute atomic E-state index is 13.6. The number of esters is 1. The SMILES string of the molecule is COC(=O)c1ccc(CN(C(=O)N2CCSCC2)c2cccc(N3CCN(C)CC3)c2)cc1. The summed E-state index contributed by atoms with van der Waals surface area (Å²) >= 11 is 1.89. The molecule has 7 nitrogen and oxygen atoms in total. The maximum atomic E-state index is 13.6. The highest BCUT2D eigenvalue weighted by molar-refractivity contribution is 7.99. The topological polar surface area (TPSA) is 56.3 Å². The Hall–Kier alpha value is -2.71. The molecule has 0 N–H and O–H groups in total. The summed E-state index contributed by atoms with van der Waals surface area (Å²) in [6.45, 7) is 5.99. The van der Waals surface area contributed by atoms with Crippen molar-refractivity contribution in [3.63, 3.8) is 0 Å². The van der Waals surface area contributed by atoms with Crippen molar-refractivity contribution in [3.05, 3.63) is 59.7 Å². The lowest BCUT2D eigenvalue weighted by molar-refractivity contribution is 0.0600. The Morgan fingerprint density at radius 3 is 2.33 bits per heavy atom. The molecule has 2 heterocycles. The average molecular weight is 469 g/mol. The van der Waals surface area contributed by atoms with Gasteiger partial charge in [0.2, 0.25) is 0 Å². The minimum absolute atomic E-state index is 0.0304. The lowest BCUT2D eigenvalue weighted by atomic mass is 10.1. The van der Waals surface area contributed by atoms with Crippen molar-refractivity contribution in [3.8, 4) is 0 Å². The van der Waals surface area contributed by atoms with Crippen molar-refractivity contribution in [1.29, 1.82) is 0 Å².